The number of amides is 1. The molecular weight excluding hydrogens is 373 g/mol. The Morgan fingerprint density at radius 2 is 1.92 bits per heavy atom. The summed E-state index contributed by atoms with van der Waals surface area (Å²) in [6.45, 7) is 0.633. The summed E-state index contributed by atoms with van der Waals surface area (Å²) in [5.41, 5.74) is 0.835. The lowest BCUT2D eigenvalue weighted by atomic mass is 10.2. The van der Waals surface area contributed by atoms with Crippen molar-refractivity contribution in [1.29, 1.82) is 0 Å². The summed E-state index contributed by atoms with van der Waals surface area (Å²) in [6, 6.07) is 8.76. The molecule has 1 fully saturated rings. The highest BCUT2D eigenvalue weighted by Gasteiger charge is 2.30. The summed E-state index contributed by atoms with van der Waals surface area (Å²) in [6.07, 6.45) is -0.978. The molecule has 1 unspecified atom stereocenters. The minimum Gasteiger partial charge on any atom is -0.479 e. The number of rotatable bonds is 3. The van der Waals surface area contributed by atoms with Gasteiger partial charge >= 0.3 is 5.97 Å². The molecule has 0 radical (unpaired) electrons. The minimum absolute atomic E-state index is 0.0460. The van der Waals surface area contributed by atoms with Crippen molar-refractivity contribution < 1.29 is 19.4 Å². The summed E-state index contributed by atoms with van der Waals surface area (Å²) < 4.78 is 5.14. The van der Waals surface area contributed by atoms with Gasteiger partial charge in [0.1, 0.15) is 0 Å². The zero-order valence-electron chi connectivity index (χ0n) is 12.4. The second kappa shape index (κ2) is 7.11. The number of carboxylic acids is 1. The van der Waals surface area contributed by atoms with E-state index in [0.717, 1.165) is 10.4 Å². The minimum atomic E-state index is -1.06. The lowest BCUT2D eigenvalue weighted by molar-refractivity contribution is -0.154. The van der Waals surface area contributed by atoms with Crippen molar-refractivity contribution in [3.8, 4) is 10.4 Å². The Morgan fingerprint density at radius 1 is 1.21 bits per heavy atom. The average molecular weight is 386 g/mol. The zero-order chi connectivity index (χ0) is 17.3. The van der Waals surface area contributed by atoms with Gasteiger partial charge in [-0.3, -0.25) is 4.79 Å². The van der Waals surface area contributed by atoms with Gasteiger partial charge in [0.15, 0.2) is 6.10 Å². The average Bonchev–Trinajstić information content (AvgIpc) is 3.03. The molecule has 1 amide bonds. The number of halogens is 2. The molecule has 1 aromatic heterocycles. The fourth-order valence-electron chi connectivity index (χ4n) is 2.44. The Kier molecular flexibility index (Phi) is 5.10. The summed E-state index contributed by atoms with van der Waals surface area (Å²) in [4.78, 5) is 26.5. The highest BCUT2D eigenvalue weighted by molar-refractivity contribution is 7.17. The van der Waals surface area contributed by atoms with Crippen LogP contribution in [0.3, 0.4) is 0 Å². The molecule has 1 aliphatic heterocycles. The van der Waals surface area contributed by atoms with Gasteiger partial charge in [-0.2, -0.15) is 0 Å². The summed E-state index contributed by atoms with van der Waals surface area (Å²) in [5, 5.41) is 10.1. The van der Waals surface area contributed by atoms with Gasteiger partial charge < -0.3 is 14.7 Å². The Morgan fingerprint density at radius 3 is 2.58 bits per heavy atom. The van der Waals surface area contributed by atoms with Crippen LogP contribution in [0.4, 0.5) is 0 Å². The number of carbonyl (C=O) groups excluding carboxylic acids is 1. The van der Waals surface area contributed by atoms with Crippen LogP contribution >= 0.6 is 34.5 Å². The van der Waals surface area contributed by atoms with E-state index in [-0.39, 0.29) is 19.1 Å². The van der Waals surface area contributed by atoms with Crippen LogP contribution in [0, 0.1) is 0 Å². The Hall–Kier alpha value is -1.60. The van der Waals surface area contributed by atoms with Gasteiger partial charge in [0.2, 0.25) is 0 Å². The van der Waals surface area contributed by atoms with E-state index in [9.17, 15) is 9.59 Å². The second-order valence-corrected chi connectivity index (χ2v) is 7.23. The van der Waals surface area contributed by atoms with E-state index in [0.29, 0.717) is 21.5 Å². The maximum Gasteiger partial charge on any atom is 0.334 e. The lowest BCUT2D eigenvalue weighted by Gasteiger charge is -2.30. The number of benzene rings is 1. The highest BCUT2D eigenvalue weighted by atomic mass is 35.5. The molecule has 0 aliphatic carbocycles. The fourth-order valence-corrected chi connectivity index (χ4v) is 3.93. The van der Waals surface area contributed by atoms with Gasteiger partial charge in [0.05, 0.1) is 18.0 Å². The molecule has 2 aromatic rings. The number of morpholine rings is 1. The number of hydrogen-bond acceptors (Lipinski definition) is 4. The van der Waals surface area contributed by atoms with Crippen molar-refractivity contribution in [2.75, 3.05) is 19.7 Å². The first-order valence-electron chi connectivity index (χ1n) is 7.14. The van der Waals surface area contributed by atoms with Crippen LogP contribution in [0.2, 0.25) is 10.0 Å². The molecule has 1 saturated heterocycles. The molecule has 8 heteroatoms. The monoisotopic (exact) mass is 385 g/mol. The van der Waals surface area contributed by atoms with Crippen LogP contribution < -0.4 is 0 Å². The van der Waals surface area contributed by atoms with Gasteiger partial charge in [-0.05, 0) is 35.9 Å². The molecular formula is C16H13Cl2NO4S. The molecule has 2 heterocycles. The molecule has 1 aliphatic rings. The van der Waals surface area contributed by atoms with Crippen molar-refractivity contribution in [3.05, 3.63) is 45.3 Å². The van der Waals surface area contributed by atoms with E-state index in [1.54, 1.807) is 24.3 Å². The first-order valence-corrected chi connectivity index (χ1v) is 8.71. The van der Waals surface area contributed by atoms with Crippen LogP contribution in [0.15, 0.2) is 30.3 Å². The van der Waals surface area contributed by atoms with E-state index >= 15 is 0 Å². The highest BCUT2D eigenvalue weighted by Crippen LogP contribution is 2.33. The third-order valence-electron chi connectivity index (χ3n) is 3.59. The first kappa shape index (κ1) is 17.2. The number of hydrogen-bond donors (Lipinski definition) is 1. The Labute approximate surface area is 152 Å². The van der Waals surface area contributed by atoms with Crippen molar-refractivity contribution in [1.82, 2.24) is 4.90 Å². The molecule has 1 atom stereocenters. The maximum atomic E-state index is 12.6. The SMILES string of the molecule is O=C(O)C1CN(C(=O)c2ccc(-c3cc(Cl)cc(Cl)c3)s2)CCO1. The summed E-state index contributed by atoms with van der Waals surface area (Å²) >= 11 is 13.3. The van der Waals surface area contributed by atoms with Crippen molar-refractivity contribution in [2.24, 2.45) is 0 Å². The lowest BCUT2D eigenvalue weighted by Crippen LogP contribution is -2.48. The molecule has 5 nitrogen and oxygen atoms in total. The number of aliphatic carboxylic acids is 1. The van der Waals surface area contributed by atoms with E-state index in [1.807, 2.05) is 6.07 Å². The zero-order valence-corrected chi connectivity index (χ0v) is 14.7. The Bertz CT molecular complexity index is 772. The number of thiophene rings is 1. The number of carbonyl (C=O) groups is 2. The standard InChI is InChI=1S/C16H13Cl2NO4S/c17-10-5-9(6-11(18)7-10)13-1-2-14(24-13)15(20)19-3-4-23-12(8-19)16(21)22/h1-2,5-7,12H,3-4,8H2,(H,21,22). The predicted octanol–water partition coefficient (Wildman–Crippen LogP) is 3.65. The van der Waals surface area contributed by atoms with Crippen molar-refractivity contribution in [3.63, 3.8) is 0 Å². The molecule has 0 saturated carbocycles. The van der Waals surface area contributed by atoms with E-state index in [1.165, 1.54) is 16.2 Å². The van der Waals surface area contributed by atoms with Gasteiger partial charge in [-0.1, -0.05) is 23.2 Å². The molecule has 0 bridgehead atoms. The van der Waals surface area contributed by atoms with Crippen molar-refractivity contribution >= 4 is 46.4 Å². The molecule has 0 spiro atoms. The number of ether oxygens (including phenoxy) is 1. The normalized spacial score (nSPS) is 17.8. The largest absolute Gasteiger partial charge is 0.479 e. The quantitative estimate of drug-likeness (QED) is 0.875. The number of nitrogens with zero attached hydrogens (tertiary/aromatic N) is 1. The number of carboxylic acid groups (broad SMARTS) is 1. The third kappa shape index (κ3) is 3.72. The van der Waals surface area contributed by atoms with E-state index in [2.05, 4.69) is 0 Å². The second-order valence-electron chi connectivity index (χ2n) is 5.27. The van der Waals surface area contributed by atoms with Gasteiger partial charge in [-0.25, -0.2) is 4.79 Å². The summed E-state index contributed by atoms with van der Waals surface area (Å²) in [7, 11) is 0. The topological polar surface area (TPSA) is 66.8 Å². The smallest absolute Gasteiger partial charge is 0.334 e. The fraction of sp³-hybridized carbons (Fsp3) is 0.250. The van der Waals surface area contributed by atoms with Gasteiger partial charge in [0, 0.05) is 21.5 Å². The van der Waals surface area contributed by atoms with Crippen LogP contribution in [-0.4, -0.2) is 47.7 Å². The maximum absolute atomic E-state index is 12.6. The molecule has 126 valence electrons. The third-order valence-corrected chi connectivity index (χ3v) is 5.15. The van der Waals surface area contributed by atoms with Crippen LogP contribution in [0.25, 0.3) is 10.4 Å². The summed E-state index contributed by atoms with van der Waals surface area (Å²) in [5.74, 6) is -1.26. The predicted molar refractivity (Wildman–Crippen MR) is 93.1 cm³/mol. The van der Waals surface area contributed by atoms with Crippen LogP contribution in [0.1, 0.15) is 9.67 Å². The van der Waals surface area contributed by atoms with E-state index in [4.69, 9.17) is 33.0 Å². The van der Waals surface area contributed by atoms with Crippen LogP contribution in [-0.2, 0) is 9.53 Å². The molecule has 3 rings (SSSR count). The Balaban J connectivity index is 1.79. The van der Waals surface area contributed by atoms with E-state index < -0.39 is 12.1 Å². The first-order chi connectivity index (χ1) is 11.4. The van der Waals surface area contributed by atoms with Crippen LogP contribution in [0.5, 0.6) is 0 Å². The van der Waals surface area contributed by atoms with Gasteiger partial charge in [0.25, 0.3) is 5.91 Å². The van der Waals surface area contributed by atoms with Gasteiger partial charge in [-0.15, -0.1) is 11.3 Å². The molecule has 1 N–H and O–H groups in total. The van der Waals surface area contributed by atoms with Crippen molar-refractivity contribution in [2.45, 2.75) is 6.10 Å². The molecule has 24 heavy (non-hydrogen) atoms. The molecule has 1 aromatic carbocycles.